The number of para-hydroxylation sites is 2. The highest BCUT2D eigenvalue weighted by atomic mass is 35.5. The molecular weight excluding hydrogens is 396 g/mol. The van der Waals surface area contributed by atoms with Crippen LogP contribution in [0.25, 0.3) is 0 Å². The van der Waals surface area contributed by atoms with Gasteiger partial charge in [0, 0.05) is 12.6 Å². The van der Waals surface area contributed by atoms with Gasteiger partial charge in [-0.25, -0.2) is 8.42 Å². The molecule has 28 heavy (non-hydrogen) atoms. The van der Waals surface area contributed by atoms with Crippen molar-refractivity contribution in [1.82, 2.24) is 0 Å². The molecule has 0 saturated carbocycles. The average molecular weight is 415 g/mol. The van der Waals surface area contributed by atoms with Gasteiger partial charge in [-0.2, -0.15) is 0 Å². The average Bonchev–Trinajstić information content (AvgIpc) is 2.69. The highest BCUT2D eigenvalue weighted by Crippen LogP contribution is 2.26. The molecule has 7 heteroatoms. The monoisotopic (exact) mass is 414 g/mol. The second kappa shape index (κ2) is 8.04. The third kappa shape index (κ3) is 4.03. The van der Waals surface area contributed by atoms with E-state index >= 15 is 0 Å². The van der Waals surface area contributed by atoms with Gasteiger partial charge >= 0.3 is 0 Å². The summed E-state index contributed by atoms with van der Waals surface area (Å²) in [5.41, 5.74) is 2.09. The van der Waals surface area contributed by atoms with Gasteiger partial charge in [-0.15, -0.1) is 0 Å². The van der Waals surface area contributed by atoms with Crippen LogP contribution in [-0.2, 0) is 10.0 Å². The van der Waals surface area contributed by atoms with E-state index < -0.39 is 15.9 Å². The number of halogens is 1. The summed E-state index contributed by atoms with van der Waals surface area (Å²) in [5.74, 6) is -0.441. The Morgan fingerprint density at radius 3 is 2.36 bits per heavy atom. The fourth-order valence-electron chi connectivity index (χ4n) is 2.76. The van der Waals surface area contributed by atoms with Crippen LogP contribution in [0.3, 0.4) is 0 Å². The molecule has 0 heterocycles. The first kappa shape index (κ1) is 19.9. The van der Waals surface area contributed by atoms with Crippen molar-refractivity contribution in [2.75, 3.05) is 16.7 Å². The smallest absolute Gasteiger partial charge is 0.264 e. The molecule has 0 bridgehead atoms. The van der Waals surface area contributed by atoms with E-state index in [0.29, 0.717) is 16.4 Å². The summed E-state index contributed by atoms with van der Waals surface area (Å²) in [6.45, 7) is 1.84. The number of hydrogen-bond donors (Lipinski definition) is 1. The number of amides is 1. The summed E-state index contributed by atoms with van der Waals surface area (Å²) in [4.78, 5) is 12.6. The molecule has 0 aliphatic heterocycles. The van der Waals surface area contributed by atoms with Crippen molar-refractivity contribution in [2.45, 2.75) is 11.8 Å². The fourth-order valence-corrected chi connectivity index (χ4v) is 4.25. The van der Waals surface area contributed by atoms with Gasteiger partial charge in [0.2, 0.25) is 0 Å². The molecule has 5 nitrogen and oxygen atoms in total. The second-order valence-electron chi connectivity index (χ2n) is 6.22. The van der Waals surface area contributed by atoms with Crippen molar-refractivity contribution >= 4 is 38.9 Å². The Hall–Kier alpha value is -2.83. The first-order valence-corrected chi connectivity index (χ1v) is 10.3. The predicted molar refractivity (Wildman–Crippen MR) is 113 cm³/mol. The molecule has 0 spiro atoms. The van der Waals surface area contributed by atoms with E-state index in [1.54, 1.807) is 48.5 Å². The van der Waals surface area contributed by atoms with Crippen LogP contribution < -0.4 is 9.62 Å². The lowest BCUT2D eigenvalue weighted by Crippen LogP contribution is -2.27. The van der Waals surface area contributed by atoms with E-state index in [0.717, 1.165) is 5.56 Å². The summed E-state index contributed by atoms with van der Waals surface area (Å²) in [6, 6.07) is 20.0. The summed E-state index contributed by atoms with van der Waals surface area (Å²) in [6.07, 6.45) is 0. The predicted octanol–water partition coefficient (Wildman–Crippen LogP) is 4.73. The number of aryl methyl sites for hydroxylation is 1. The topological polar surface area (TPSA) is 66.5 Å². The number of sulfonamides is 1. The maximum absolute atomic E-state index is 13.0. The number of carbonyl (C=O) groups excluding carboxylic acids is 1. The van der Waals surface area contributed by atoms with Crippen LogP contribution in [0.2, 0.25) is 5.02 Å². The van der Waals surface area contributed by atoms with Gasteiger partial charge in [0.1, 0.15) is 0 Å². The summed E-state index contributed by atoms with van der Waals surface area (Å²) < 4.78 is 27.3. The van der Waals surface area contributed by atoms with Gasteiger partial charge in [-0.05, 0) is 48.9 Å². The molecule has 0 unspecified atom stereocenters. The number of nitrogens with one attached hydrogen (secondary N) is 1. The Kier molecular flexibility index (Phi) is 5.72. The van der Waals surface area contributed by atoms with Gasteiger partial charge in [0.15, 0.2) is 0 Å². The molecule has 0 saturated heterocycles. The molecule has 1 N–H and O–H groups in total. The Balaban J connectivity index is 1.91. The highest BCUT2D eigenvalue weighted by Gasteiger charge is 2.23. The van der Waals surface area contributed by atoms with E-state index in [9.17, 15) is 13.2 Å². The van der Waals surface area contributed by atoms with Gasteiger partial charge in [0.05, 0.1) is 21.3 Å². The number of carbonyl (C=O) groups is 1. The molecule has 3 aromatic carbocycles. The molecule has 0 aliphatic carbocycles. The summed E-state index contributed by atoms with van der Waals surface area (Å²) in [7, 11) is -2.33. The summed E-state index contributed by atoms with van der Waals surface area (Å²) >= 11 is 6.07. The third-order valence-electron chi connectivity index (χ3n) is 4.33. The normalized spacial score (nSPS) is 11.1. The maximum atomic E-state index is 13.0. The maximum Gasteiger partial charge on any atom is 0.264 e. The minimum absolute atomic E-state index is 0.0325. The molecule has 0 aliphatic rings. The minimum Gasteiger partial charge on any atom is -0.321 e. The van der Waals surface area contributed by atoms with Crippen molar-refractivity contribution in [3.8, 4) is 0 Å². The van der Waals surface area contributed by atoms with E-state index in [1.807, 2.05) is 19.1 Å². The van der Waals surface area contributed by atoms with Crippen LogP contribution in [0.5, 0.6) is 0 Å². The highest BCUT2D eigenvalue weighted by molar-refractivity contribution is 7.92. The van der Waals surface area contributed by atoms with E-state index in [4.69, 9.17) is 11.6 Å². The molecule has 3 aromatic rings. The van der Waals surface area contributed by atoms with Crippen molar-refractivity contribution in [2.24, 2.45) is 0 Å². The largest absolute Gasteiger partial charge is 0.321 e. The number of nitrogens with zero attached hydrogens (tertiary/aromatic N) is 1. The number of anilines is 2. The number of hydrogen-bond acceptors (Lipinski definition) is 3. The van der Waals surface area contributed by atoms with Crippen molar-refractivity contribution < 1.29 is 13.2 Å². The molecular formula is C21H19ClN2O3S. The molecule has 0 radical (unpaired) electrons. The van der Waals surface area contributed by atoms with E-state index in [-0.39, 0.29) is 10.5 Å². The Bertz CT molecular complexity index is 1130. The van der Waals surface area contributed by atoms with Crippen LogP contribution >= 0.6 is 11.6 Å². The van der Waals surface area contributed by atoms with Gasteiger partial charge in [0.25, 0.3) is 15.9 Å². The number of rotatable bonds is 5. The molecule has 1 amide bonds. The molecule has 0 atom stereocenters. The van der Waals surface area contributed by atoms with Gasteiger partial charge in [-0.3, -0.25) is 9.10 Å². The van der Waals surface area contributed by atoms with Gasteiger partial charge in [-0.1, -0.05) is 48.0 Å². The Labute approximate surface area is 169 Å². The molecule has 0 aromatic heterocycles. The van der Waals surface area contributed by atoms with Gasteiger partial charge < -0.3 is 5.32 Å². The van der Waals surface area contributed by atoms with Crippen LogP contribution in [-0.4, -0.2) is 21.4 Å². The van der Waals surface area contributed by atoms with Crippen LogP contribution in [0.1, 0.15) is 15.9 Å². The zero-order valence-electron chi connectivity index (χ0n) is 15.4. The van der Waals surface area contributed by atoms with Crippen molar-refractivity contribution in [3.63, 3.8) is 0 Å². The minimum atomic E-state index is -3.82. The second-order valence-corrected chi connectivity index (χ2v) is 8.60. The van der Waals surface area contributed by atoms with Crippen molar-refractivity contribution in [1.29, 1.82) is 0 Å². The SMILES string of the molecule is Cc1ccccc1N(C)S(=O)(=O)c1cccc(C(=O)Nc2ccccc2Cl)c1. The lowest BCUT2D eigenvalue weighted by atomic mass is 10.2. The molecule has 3 rings (SSSR count). The van der Waals surface area contributed by atoms with E-state index in [1.165, 1.54) is 23.5 Å². The number of benzene rings is 3. The third-order valence-corrected chi connectivity index (χ3v) is 6.43. The summed E-state index contributed by atoms with van der Waals surface area (Å²) in [5, 5.41) is 3.10. The first-order chi connectivity index (χ1) is 13.3. The molecule has 0 fully saturated rings. The van der Waals surface area contributed by atoms with Crippen LogP contribution in [0, 0.1) is 6.92 Å². The Morgan fingerprint density at radius 1 is 0.964 bits per heavy atom. The molecule has 144 valence electrons. The fraction of sp³-hybridized carbons (Fsp3) is 0.0952. The zero-order chi connectivity index (χ0) is 20.3. The van der Waals surface area contributed by atoms with E-state index in [2.05, 4.69) is 5.32 Å². The quantitative estimate of drug-likeness (QED) is 0.656. The van der Waals surface area contributed by atoms with Crippen molar-refractivity contribution in [3.05, 3.63) is 88.9 Å². The zero-order valence-corrected chi connectivity index (χ0v) is 17.0. The lowest BCUT2D eigenvalue weighted by molar-refractivity contribution is 0.102. The first-order valence-electron chi connectivity index (χ1n) is 8.51. The van der Waals surface area contributed by atoms with Crippen LogP contribution in [0.4, 0.5) is 11.4 Å². The standard InChI is InChI=1S/C21H19ClN2O3S/c1-15-8-3-6-13-20(15)24(2)28(26,27)17-10-7-9-16(14-17)21(25)23-19-12-5-4-11-18(19)22/h3-14H,1-2H3,(H,23,25). The van der Waals surface area contributed by atoms with Crippen LogP contribution in [0.15, 0.2) is 77.7 Å². The lowest BCUT2D eigenvalue weighted by Gasteiger charge is -2.21. The Morgan fingerprint density at radius 2 is 1.64 bits per heavy atom.